The maximum Gasteiger partial charge on any atom is 0.246 e. The molecule has 0 aliphatic carbocycles. The number of benzene rings is 1. The molecule has 118 valence electrons. The molecule has 1 aliphatic rings. The van der Waals surface area contributed by atoms with Crippen LogP contribution in [-0.4, -0.2) is 25.8 Å². The van der Waals surface area contributed by atoms with Crippen molar-refractivity contribution in [2.75, 3.05) is 18.8 Å². The Bertz CT molecular complexity index is 641. The van der Waals surface area contributed by atoms with Gasteiger partial charge in [0.2, 0.25) is 10.0 Å². The number of hydrogen-bond donors (Lipinski definition) is 1. The van der Waals surface area contributed by atoms with Crippen LogP contribution in [0, 0.1) is 11.2 Å². The van der Waals surface area contributed by atoms with Crippen LogP contribution >= 0.6 is 11.6 Å². The standard InChI is InChI=1S/C14H20ClFN2O2S/c1-3-14(2)4-6-18(7-5-14)21(19,20)12-9-10(17)8-11(15)13(12)16/h8-9H,3-7,17H2,1-2H3. The van der Waals surface area contributed by atoms with Gasteiger partial charge in [0.15, 0.2) is 5.82 Å². The highest BCUT2D eigenvalue weighted by Gasteiger charge is 2.36. The van der Waals surface area contributed by atoms with Crippen LogP contribution in [0.5, 0.6) is 0 Å². The van der Waals surface area contributed by atoms with Gasteiger partial charge in [-0.25, -0.2) is 12.8 Å². The topological polar surface area (TPSA) is 63.4 Å². The van der Waals surface area contributed by atoms with Gasteiger partial charge in [0.25, 0.3) is 0 Å². The van der Waals surface area contributed by atoms with E-state index >= 15 is 0 Å². The molecule has 1 aliphatic heterocycles. The average molecular weight is 335 g/mol. The van der Waals surface area contributed by atoms with E-state index < -0.39 is 20.7 Å². The highest BCUT2D eigenvalue weighted by molar-refractivity contribution is 7.89. The summed E-state index contributed by atoms with van der Waals surface area (Å²) in [6.45, 7) is 5.02. The molecule has 2 rings (SSSR count). The highest BCUT2D eigenvalue weighted by atomic mass is 35.5. The molecule has 0 unspecified atom stereocenters. The van der Waals surface area contributed by atoms with E-state index in [1.54, 1.807) is 0 Å². The van der Waals surface area contributed by atoms with E-state index in [4.69, 9.17) is 17.3 Å². The van der Waals surface area contributed by atoms with Crippen molar-refractivity contribution >= 4 is 27.3 Å². The Morgan fingerprint density at radius 3 is 2.48 bits per heavy atom. The molecule has 0 aromatic heterocycles. The lowest BCUT2D eigenvalue weighted by Crippen LogP contribution is -2.42. The van der Waals surface area contributed by atoms with Gasteiger partial charge in [0.05, 0.1) is 5.02 Å². The fourth-order valence-electron chi connectivity index (χ4n) is 2.53. The normalized spacial score (nSPS) is 19.6. The van der Waals surface area contributed by atoms with Gasteiger partial charge >= 0.3 is 0 Å². The van der Waals surface area contributed by atoms with Gasteiger partial charge in [0.1, 0.15) is 4.90 Å². The lowest BCUT2D eigenvalue weighted by Gasteiger charge is -2.38. The van der Waals surface area contributed by atoms with Crippen molar-refractivity contribution in [1.29, 1.82) is 0 Å². The minimum Gasteiger partial charge on any atom is -0.399 e. The fourth-order valence-corrected chi connectivity index (χ4v) is 4.38. The number of nitrogen functional groups attached to an aromatic ring is 1. The summed E-state index contributed by atoms with van der Waals surface area (Å²) >= 11 is 5.69. The monoisotopic (exact) mass is 334 g/mol. The van der Waals surface area contributed by atoms with Crippen LogP contribution in [0.4, 0.5) is 10.1 Å². The molecule has 0 radical (unpaired) electrons. The number of rotatable bonds is 3. The second-order valence-electron chi connectivity index (χ2n) is 5.88. The molecule has 1 heterocycles. The van der Waals surface area contributed by atoms with Crippen LogP contribution in [0.1, 0.15) is 33.1 Å². The van der Waals surface area contributed by atoms with Crippen molar-refractivity contribution in [3.05, 3.63) is 23.0 Å². The van der Waals surface area contributed by atoms with Crippen molar-refractivity contribution in [3.8, 4) is 0 Å². The van der Waals surface area contributed by atoms with Gasteiger partial charge in [-0.05, 0) is 30.4 Å². The Balaban J connectivity index is 2.32. The molecule has 0 spiro atoms. The molecule has 1 saturated heterocycles. The Labute approximate surface area is 130 Å². The first-order chi connectivity index (χ1) is 9.69. The predicted octanol–water partition coefficient (Wildman–Crippen LogP) is 3.26. The number of hydrogen-bond acceptors (Lipinski definition) is 3. The quantitative estimate of drug-likeness (QED) is 0.863. The number of halogens is 2. The molecule has 2 N–H and O–H groups in total. The van der Waals surface area contributed by atoms with Crippen LogP contribution in [-0.2, 0) is 10.0 Å². The maximum absolute atomic E-state index is 14.1. The minimum atomic E-state index is -3.90. The van der Waals surface area contributed by atoms with E-state index in [0.29, 0.717) is 13.1 Å². The minimum absolute atomic E-state index is 0.135. The molecular formula is C14H20ClFN2O2S. The van der Waals surface area contributed by atoms with Crippen LogP contribution in [0.3, 0.4) is 0 Å². The second kappa shape index (κ2) is 5.74. The summed E-state index contributed by atoms with van der Waals surface area (Å²) in [4.78, 5) is -0.437. The van der Waals surface area contributed by atoms with Crippen LogP contribution < -0.4 is 5.73 Å². The second-order valence-corrected chi connectivity index (χ2v) is 8.20. The summed E-state index contributed by atoms with van der Waals surface area (Å²) < 4.78 is 40.5. The van der Waals surface area contributed by atoms with Crippen LogP contribution in [0.2, 0.25) is 5.02 Å². The van der Waals surface area contributed by atoms with Gasteiger partial charge in [0, 0.05) is 18.8 Å². The van der Waals surface area contributed by atoms with Crippen LogP contribution in [0.25, 0.3) is 0 Å². The van der Waals surface area contributed by atoms with Gasteiger partial charge < -0.3 is 5.73 Å². The van der Waals surface area contributed by atoms with Gasteiger partial charge in [-0.2, -0.15) is 4.31 Å². The predicted molar refractivity (Wildman–Crippen MR) is 82.2 cm³/mol. The summed E-state index contributed by atoms with van der Waals surface area (Å²) in [7, 11) is -3.90. The third-order valence-corrected chi connectivity index (χ3v) is 6.59. The smallest absolute Gasteiger partial charge is 0.246 e. The van der Waals surface area contributed by atoms with Crippen molar-refractivity contribution < 1.29 is 12.8 Å². The van der Waals surface area contributed by atoms with Crippen molar-refractivity contribution in [3.63, 3.8) is 0 Å². The maximum atomic E-state index is 14.1. The Morgan fingerprint density at radius 2 is 1.95 bits per heavy atom. The molecule has 0 amide bonds. The number of nitrogens with zero attached hydrogens (tertiary/aromatic N) is 1. The first-order valence-corrected chi connectivity index (χ1v) is 8.76. The van der Waals surface area contributed by atoms with Crippen molar-refractivity contribution in [2.24, 2.45) is 5.41 Å². The SMILES string of the molecule is CCC1(C)CCN(S(=O)(=O)c2cc(N)cc(Cl)c2F)CC1. The Kier molecular flexibility index (Phi) is 4.52. The van der Waals surface area contributed by atoms with E-state index in [2.05, 4.69) is 13.8 Å². The van der Waals surface area contributed by atoms with Gasteiger partial charge in [-0.3, -0.25) is 0 Å². The summed E-state index contributed by atoms with van der Waals surface area (Å²) in [5.74, 6) is -0.935. The fraction of sp³-hybridized carbons (Fsp3) is 0.571. The van der Waals surface area contributed by atoms with E-state index in [9.17, 15) is 12.8 Å². The Hall–Kier alpha value is -0.850. The average Bonchev–Trinajstić information content (AvgIpc) is 2.43. The zero-order valence-electron chi connectivity index (χ0n) is 12.2. The Morgan fingerprint density at radius 1 is 1.38 bits per heavy atom. The van der Waals surface area contributed by atoms with Gasteiger partial charge in [-0.15, -0.1) is 0 Å². The third kappa shape index (κ3) is 3.17. The van der Waals surface area contributed by atoms with E-state index in [1.165, 1.54) is 10.4 Å². The molecule has 1 aromatic carbocycles. The third-order valence-electron chi connectivity index (χ3n) is 4.42. The largest absolute Gasteiger partial charge is 0.399 e. The summed E-state index contributed by atoms with van der Waals surface area (Å²) in [6.07, 6.45) is 2.53. The van der Waals surface area contributed by atoms with Crippen molar-refractivity contribution in [1.82, 2.24) is 4.31 Å². The molecule has 0 bridgehead atoms. The number of piperidine rings is 1. The molecule has 4 nitrogen and oxygen atoms in total. The first kappa shape index (κ1) is 16.5. The molecule has 1 fully saturated rings. The summed E-state index contributed by atoms with van der Waals surface area (Å²) in [5.41, 5.74) is 5.87. The van der Waals surface area contributed by atoms with Crippen molar-refractivity contribution in [2.45, 2.75) is 38.0 Å². The zero-order chi connectivity index (χ0) is 15.8. The molecule has 1 aromatic rings. The van der Waals surface area contributed by atoms with E-state index in [1.807, 2.05) is 0 Å². The number of anilines is 1. The molecule has 21 heavy (non-hydrogen) atoms. The molecule has 7 heteroatoms. The summed E-state index contributed by atoms with van der Waals surface area (Å²) in [6, 6.07) is 2.34. The lowest BCUT2D eigenvalue weighted by molar-refractivity contribution is 0.168. The first-order valence-electron chi connectivity index (χ1n) is 6.94. The van der Waals surface area contributed by atoms with E-state index in [-0.39, 0.29) is 16.1 Å². The molecule has 0 atom stereocenters. The molecule has 0 saturated carbocycles. The van der Waals surface area contributed by atoms with E-state index in [0.717, 1.165) is 25.3 Å². The highest BCUT2D eigenvalue weighted by Crippen LogP contribution is 2.37. The van der Waals surface area contributed by atoms with Gasteiger partial charge in [-0.1, -0.05) is 31.9 Å². The lowest BCUT2D eigenvalue weighted by atomic mass is 9.79. The van der Waals surface area contributed by atoms with Crippen LogP contribution in [0.15, 0.2) is 17.0 Å². The summed E-state index contributed by atoms with van der Waals surface area (Å²) in [5, 5.41) is -0.274. The number of nitrogens with two attached hydrogens (primary N) is 1. The molecular weight excluding hydrogens is 315 g/mol. The number of sulfonamides is 1. The zero-order valence-corrected chi connectivity index (χ0v) is 13.8.